The van der Waals surface area contributed by atoms with Crippen molar-refractivity contribution in [3.63, 3.8) is 0 Å². The van der Waals surface area contributed by atoms with E-state index >= 15 is 0 Å². The molecule has 0 spiro atoms. The Morgan fingerprint density at radius 1 is 1.13 bits per heavy atom. The highest BCUT2D eigenvalue weighted by atomic mass is 79.9. The molecule has 0 aliphatic carbocycles. The van der Waals surface area contributed by atoms with Gasteiger partial charge in [-0.3, -0.25) is 0 Å². The van der Waals surface area contributed by atoms with Gasteiger partial charge in [0.1, 0.15) is 19.1 Å². The molecule has 1 atom stereocenters. The quantitative estimate of drug-likeness (QED) is 0.490. The molecule has 0 bridgehead atoms. The Morgan fingerprint density at radius 3 is 2.35 bits per heavy atom. The number of hydrogen-bond acceptors (Lipinski definition) is 4. The first-order valence-corrected chi connectivity index (χ1v) is 12.3. The van der Waals surface area contributed by atoms with Gasteiger partial charge in [-0.15, -0.1) is 0 Å². The molecule has 0 heterocycles. The highest BCUT2D eigenvalue weighted by Gasteiger charge is 2.41. The summed E-state index contributed by atoms with van der Waals surface area (Å²) in [6.45, 7) is 1.82. The van der Waals surface area contributed by atoms with Crippen LogP contribution in [0.1, 0.15) is 37.8 Å². The fourth-order valence-electron chi connectivity index (χ4n) is 2.96. The topological polar surface area (TPSA) is 72.5 Å². The van der Waals surface area contributed by atoms with E-state index in [9.17, 15) is 22.0 Å². The van der Waals surface area contributed by atoms with Crippen molar-refractivity contribution in [3.05, 3.63) is 69.9 Å². The van der Waals surface area contributed by atoms with Crippen LogP contribution in [0.4, 0.5) is 13.6 Å². The minimum absolute atomic E-state index is 0.0132. The number of benzene rings is 2. The molecule has 0 aliphatic heterocycles. The van der Waals surface area contributed by atoms with Crippen LogP contribution in [0, 0.1) is 5.82 Å². The minimum Gasteiger partial charge on any atom is -0.445 e. The molecule has 2 aromatic carbocycles. The van der Waals surface area contributed by atoms with Crippen LogP contribution in [0.5, 0.6) is 0 Å². The zero-order valence-corrected chi connectivity index (χ0v) is 20.0. The smallest absolute Gasteiger partial charge is 0.408 e. The Hall–Kier alpha value is -2.00. The maximum absolute atomic E-state index is 14.7. The Balaban J connectivity index is 2.34. The summed E-state index contributed by atoms with van der Waals surface area (Å²) in [5.41, 5.74) is -1.16. The summed E-state index contributed by atoms with van der Waals surface area (Å²) in [5.74, 6) is -0.721. The van der Waals surface area contributed by atoms with Gasteiger partial charge in [0.2, 0.25) is 0 Å². The lowest BCUT2D eigenvalue weighted by Crippen LogP contribution is -2.50. The first-order chi connectivity index (χ1) is 14.4. The third kappa shape index (κ3) is 6.49. The highest BCUT2D eigenvalue weighted by molar-refractivity contribution is 9.10. The van der Waals surface area contributed by atoms with Gasteiger partial charge in [-0.05, 0) is 50.5 Å². The summed E-state index contributed by atoms with van der Waals surface area (Å²) in [6.07, 6.45) is -0.0123. The van der Waals surface area contributed by atoms with Gasteiger partial charge in [-0.2, -0.15) is 0 Å². The largest absolute Gasteiger partial charge is 0.445 e. The van der Waals surface area contributed by atoms with Crippen molar-refractivity contribution < 1.29 is 26.7 Å². The van der Waals surface area contributed by atoms with E-state index in [1.807, 2.05) is 6.07 Å². The number of sulfone groups is 1. The van der Waals surface area contributed by atoms with Gasteiger partial charge in [-0.25, -0.2) is 22.0 Å². The number of alkyl carbamates (subject to hydrolysis) is 1. The first-order valence-electron chi connectivity index (χ1n) is 9.60. The predicted octanol–water partition coefficient (Wildman–Crippen LogP) is 5.28. The molecule has 9 heteroatoms. The van der Waals surface area contributed by atoms with Crippen LogP contribution < -0.4 is 5.32 Å². The van der Waals surface area contributed by atoms with E-state index in [4.69, 9.17) is 4.74 Å². The summed E-state index contributed by atoms with van der Waals surface area (Å²) in [5, 5.41) is 2.47. The standard InChI is InChI=1S/C22H26BrF2NO4S/c1-21(2,31(3,28)29)11-12-22(15-24,18-13-17(23)9-10-19(18)25)26-20(27)30-14-16-7-5-4-6-8-16/h4-10,13H,11-12,14-15H2,1-3H3,(H,26,27)/t22-/m1/s1. The van der Waals surface area contributed by atoms with E-state index < -0.39 is 38.7 Å². The highest BCUT2D eigenvalue weighted by Crippen LogP contribution is 2.35. The van der Waals surface area contributed by atoms with Gasteiger partial charge in [0, 0.05) is 16.3 Å². The van der Waals surface area contributed by atoms with Gasteiger partial charge >= 0.3 is 6.09 Å². The number of alkyl halides is 1. The number of hydrogen-bond donors (Lipinski definition) is 1. The molecule has 1 N–H and O–H groups in total. The molecule has 2 aromatic rings. The lowest BCUT2D eigenvalue weighted by Gasteiger charge is -2.35. The summed E-state index contributed by atoms with van der Waals surface area (Å²) in [7, 11) is -3.48. The van der Waals surface area contributed by atoms with Crippen LogP contribution in [0.15, 0.2) is 53.0 Å². The second-order valence-corrected chi connectivity index (χ2v) is 11.6. The zero-order chi connectivity index (χ0) is 23.3. The van der Waals surface area contributed by atoms with Crippen LogP contribution in [-0.4, -0.2) is 32.2 Å². The Bertz CT molecular complexity index is 1020. The molecule has 0 aliphatic rings. The van der Waals surface area contributed by atoms with Gasteiger partial charge in [0.05, 0.1) is 10.3 Å². The Kier molecular flexibility index (Phi) is 8.21. The van der Waals surface area contributed by atoms with Gasteiger partial charge in [0.15, 0.2) is 9.84 Å². The van der Waals surface area contributed by atoms with Gasteiger partial charge < -0.3 is 10.1 Å². The molecule has 1 amide bonds. The molecule has 0 saturated heterocycles. The molecule has 0 radical (unpaired) electrons. The molecule has 0 aromatic heterocycles. The summed E-state index contributed by atoms with van der Waals surface area (Å²) >= 11 is 3.24. The first kappa shape index (κ1) is 25.3. The lowest BCUT2D eigenvalue weighted by molar-refractivity contribution is 0.115. The van der Waals surface area contributed by atoms with Crippen molar-refractivity contribution in [1.82, 2.24) is 5.32 Å². The van der Waals surface area contributed by atoms with E-state index in [2.05, 4.69) is 21.2 Å². The predicted molar refractivity (Wildman–Crippen MR) is 120 cm³/mol. The number of rotatable bonds is 9. The van der Waals surface area contributed by atoms with Crippen LogP contribution in [0.25, 0.3) is 0 Å². The second-order valence-electron chi connectivity index (χ2n) is 8.06. The van der Waals surface area contributed by atoms with E-state index in [0.717, 1.165) is 17.9 Å². The van der Waals surface area contributed by atoms with Crippen molar-refractivity contribution in [3.8, 4) is 0 Å². The molecular weight excluding hydrogens is 492 g/mol. The molecule has 5 nitrogen and oxygen atoms in total. The summed E-state index contributed by atoms with van der Waals surface area (Å²) < 4.78 is 57.9. The maximum Gasteiger partial charge on any atom is 0.408 e. The van der Waals surface area contributed by atoms with Crippen LogP contribution in [0.3, 0.4) is 0 Å². The molecule has 170 valence electrons. The average molecular weight is 518 g/mol. The van der Waals surface area contributed by atoms with E-state index in [-0.39, 0.29) is 25.0 Å². The van der Waals surface area contributed by atoms with E-state index in [1.54, 1.807) is 24.3 Å². The molecular formula is C22H26BrF2NO4S. The molecule has 0 saturated carbocycles. The Morgan fingerprint density at radius 2 is 1.77 bits per heavy atom. The number of halogens is 3. The molecule has 0 fully saturated rings. The number of nitrogens with one attached hydrogen (secondary N) is 1. The van der Waals surface area contributed by atoms with E-state index in [1.165, 1.54) is 26.0 Å². The number of ether oxygens (including phenoxy) is 1. The van der Waals surface area contributed by atoms with Crippen LogP contribution >= 0.6 is 15.9 Å². The summed E-state index contributed by atoms with van der Waals surface area (Å²) in [4.78, 5) is 12.5. The zero-order valence-electron chi connectivity index (χ0n) is 17.6. The number of carbonyl (C=O) groups excluding carboxylic acids is 1. The van der Waals surface area contributed by atoms with Gasteiger partial charge in [0.25, 0.3) is 0 Å². The second kappa shape index (κ2) is 10.1. The summed E-state index contributed by atoms with van der Waals surface area (Å²) in [6, 6.07) is 12.9. The third-order valence-electron chi connectivity index (χ3n) is 5.38. The van der Waals surface area contributed by atoms with Crippen molar-refractivity contribution in [2.75, 3.05) is 12.9 Å². The maximum atomic E-state index is 14.7. The monoisotopic (exact) mass is 517 g/mol. The molecule has 2 rings (SSSR count). The third-order valence-corrected chi connectivity index (χ3v) is 8.09. The van der Waals surface area contributed by atoms with Gasteiger partial charge in [-0.1, -0.05) is 46.3 Å². The SMILES string of the molecule is CC(C)(CC[C@](CF)(NC(=O)OCc1ccccc1)c1cc(Br)ccc1F)S(C)(=O)=O. The van der Waals surface area contributed by atoms with Crippen molar-refractivity contribution in [2.45, 2.75) is 43.6 Å². The molecule has 31 heavy (non-hydrogen) atoms. The number of carbonyl (C=O) groups is 1. The van der Waals surface area contributed by atoms with Crippen molar-refractivity contribution in [1.29, 1.82) is 0 Å². The normalized spacial score (nSPS) is 14.0. The fourth-order valence-corrected chi connectivity index (χ4v) is 3.79. The lowest BCUT2D eigenvalue weighted by atomic mass is 9.84. The van der Waals surface area contributed by atoms with Crippen molar-refractivity contribution >= 4 is 31.9 Å². The van der Waals surface area contributed by atoms with Crippen LogP contribution in [-0.2, 0) is 26.7 Å². The Labute approximate surface area is 190 Å². The number of amides is 1. The average Bonchev–Trinajstić information content (AvgIpc) is 2.71. The van der Waals surface area contributed by atoms with Crippen molar-refractivity contribution in [2.24, 2.45) is 0 Å². The van der Waals surface area contributed by atoms with Crippen LogP contribution in [0.2, 0.25) is 0 Å². The molecule has 0 unspecified atom stereocenters. The minimum atomic E-state index is -3.48. The fraction of sp³-hybridized carbons (Fsp3) is 0.409. The van der Waals surface area contributed by atoms with E-state index in [0.29, 0.717) is 4.47 Å².